The van der Waals surface area contributed by atoms with Crippen molar-refractivity contribution in [2.24, 2.45) is 5.92 Å². The van der Waals surface area contributed by atoms with E-state index in [1.807, 2.05) is 0 Å². The molecule has 25 heavy (non-hydrogen) atoms. The zero-order chi connectivity index (χ0) is 17.9. The molecular formula is C16H23N3O4S2. The highest BCUT2D eigenvalue weighted by Gasteiger charge is 2.35. The summed E-state index contributed by atoms with van der Waals surface area (Å²) in [6.07, 6.45) is 3.69. The van der Waals surface area contributed by atoms with Crippen molar-refractivity contribution in [2.75, 3.05) is 19.6 Å². The largest absolute Gasteiger partial charge is 0.354 e. The second-order valence-corrected chi connectivity index (χ2v) is 9.59. The number of carbonyl (C=O) groups is 2. The third-order valence-corrected chi connectivity index (χ3v) is 7.93. The highest BCUT2D eigenvalue weighted by molar-refractivity contribution is 7.91. The molecule has 2 aliphatic rings. The molecule has 2 saturated heterocycles. The molecule has 0 aliphatic carbocycles. The molecule has 1 aromatic heterocycles. The molecule has 0 aromatic carbocycles. The van der Waals surface area contributed by atoms with Crippen LogP contribution in [0.15, 0.2) is 21.7 Å². The molecule has 2 atom stereocenters. The summed E-state index contributed by atoms with van der Waals surface area (Å²) in [6, 6.07) is 2.77. The Kier molecular flexibility index (Phi) is 5.75. The van der Waals surface area contributed by atoms with Crippen LogP contribution in [0.5, 0.6) is 0 Å². The molecule has 0 saturated carbocycles. The van der Waals surface area contributed by atoms with Gasteiger partial charge in [-0.1, -0.05) is 6.07 Å². The van der Waals surface area contributed by atoms with Gasteiger partial charge in [0.25, 0.3) is 10.0 Å². The van der Waals surface area contributed by atoms with E-state index in [0.717, 1.165) is 12.8 Å². The van der Waals surface area contributed by atoms with E-state index in [4.69, 9.17) is 0 Å². The first-order valence-corrected chi connectivity index (χ1v) is 10.9. The molecule has 3 rings (SSSR count). The minimum atomic E-state index is -3.54. The van der Waals surface area contributed by atoms with E-state index < -0.39 is 22.0 Å². The second kappa shape index (κ2) is 7.84. The number of nitrogens with one attached hydrogen (secondary N) is 2. The zero-order valence-electron chi connectivity index (χ0n) is 13.9. The molecule has 2 amide bonds. The maximum atomic E-state index is 12.6. The standard InChI is InChI=1S/C16H23N3O4S2/c20-15(18-13-6-1-2-8-17-16(13)21)12-5-3-9-19(11-12)25(22,23)14-7-4-10-24-14/h4,7,10,12-13H,1-3,5-6,8-9,11H2,(H,17,21)(H,18,20)/t12-,13-/m1/s1. The summed E-state index contributed by atoms with van der Waals surface area (Å²) in [4.78, 5) is 24.6. The number of sulfonamides is 1. The molecule has 2 aliphatic heterocycles. The Morgan fingerprint density at radius 1 is 1.28 bits per heavy atom. The van der Waals surface area contributed by atoms with Gasteiger partial charge in [0.15, 0.2) is 0 Å². The lowest BCUT2D eigenvalue weighted by Gasteiger charge is -2.31. The maximum Gasteiger partial charge on any atom is 0.252 e. The van der Waals surface area contributed by atoms with E-state index in [9.17, 15) is 18.0 Å². The Hall–Kier alpha value is -1.45. The Labute approximate surface area is 151 Å². The van der Waals surface area contributed by atoms with Crippen molar-refractivity contribution in [3.63, 3.8) is 0 Å². The average Bonchev–Trinajstić information content (AvgIpc) is 3.08. The minimum absolute atomic E-state index is 0.148. The summed E-state index contributed by atoms with van der Waals surface area (Å²) in [5, 5.41) is 7.34. The van der Waals surface area contributed by atoms with Gasteiger partial charge in [0, 0.05) is 19.6 Å². The van der Waals surface area contributed by atoms with Crippen LogP contribution in [0.25, 0.3) is 0 Å². The highest BCUT2D eigenvalue weighted by Crippen LogP contribution is 2.26. The third kappa shape index (κ3) is 4.21. The SMILES string of the molecule is O=C(N[C@@H]1CCCCNC1=O)[C@@H]1CCCN(S(=O)(=O)c2cccs2)C1. The van der Waals surface area contributed by atoms with Gasteiger partial charge >= 0.3 is 0 Å². The predicted octanol–water partition coefficient (Wildman–Crippen LogP) is 0.934. The number of thiophene rings is 1. The van der Waals surface area contributed by atoms with Gasteiger partial charge in [-0.2, -0.15) is 4.31 Å². The van der Waals surface area contributed by atoms with Crippen molar-refractivity contribution in [3.05, 3.63) is 17.5 Å². The van der Waals surface area contributed by atoms with Crippen LogP contribution in [-0.4, -0.2) is 50.2 Å². The Balaban J connectivity index is 1.64. The number of nitrogens with zero attached hydrogens (tertiary/aromatic N) is 1. The summed E-state index contributed by atoms with van der Waals surface area (Å²) < 4.78 is 27.0. The van der Waals surface area contributed by atoms with Crippen LogP contribution in [0.4, 0.5) is 0 Å². The van der Waals surface area contributed by atoms with Gasteiger partial charge in [-0.15, -0.1) is 11.3 Å². The van der Waals surface area contributed by atoms with E-state index in [1.54, 1.807) is 17.5 Å². The lowest BCUT2D eigenvalue weighted by molar-refractivity contribution is -0.131. The first kappa shape index (κ1) is 18.3. The van der Waals surface area contributed by atoms with Crippen LogP contribution in [0.1, 0.15) is 32.1 Å². The van der Waals surface area contributed by atoms with Crippen LogP contribution in [-0.2, 0) is 19.6 Å². The van der Waals surface area contributed by atoms with Crippen molar-refractivity contribution in [3.8, 4) is 0 Å². The molecule has 0 unspecified atom stereocenters. The highest BCUT2D eigenvalue weighted by atomic mass is 32.2. The third-order valence-electron chi connectivity index (χ3n) is 4.70. The monoisotopic (exact) mass is 385 g/mol. The fourth-order valence-corrected chi connectivity index (χ4v) is 5.95. The fraction of sp³-hybridized carbons (Fsp3) is 0.625. The van der Waals surface area contributed by atoms with Crippen LogP contribution in [0.2, 0.25) is 0 Å². The number of amides is 2. The van der Waals surface area contributed by atoms with Gasteiger partial charge in [0.05, 0.1) is 5.92 Å². The molecule has 2 N–H and O–H groups in total. The van der Waals surface area contributed by atoms with Crippen molar-refractivity contribution in [1.29, 1.82) is 0 Å². The topological polar surface area (TPSA) is 95.6 Å². The quantitative estimate of drug-likeness (QED) is 0.806. The van der Waals surface area contributed by atoms with Gasteiger partial charge in [-0.25, -0.2) is 8.42 Å². The molecule has 7 nitrogen and oxygen atoms in total. The number of rotatable bonds is 4. The summed E-state index contributed by atoms with van der Waals surface area (Å²) in [5.74, 6) is -0.794. The first-order chi connectivity index (χ1) is 12.0. The Morgan fingerprint density at radius 2 is 2.12 bits per heavy atom. The van der Waals surface area contributed by atoms with E-state index in [-0.39, 0.29) is 18.4 Å². The molecule has 1 aromatic rings. The Bertz CT molecular complexity index is 718. The fourth-order valence-electron chi connectivity index (χ4n) is 3.28. The van der Waals surface area contributed by atoms with Crippen molar-refractivity contribution < 1.29 is 18.0 Å². The molecule has 3 heterocycles. The summed E-state index contributed by atoms with van der Waals surface area (Å²) in [5.41, 5.74) is 0. The lowest BCUT2D eigenvalue weighted by atomic mass is 9.98. The van der Waals surface area contributed by atoms with Crippen molar-refractivity contribution in [1.82, 2.24) is 14.9 Å². The van der Waals surface area contributed by atoms with Gasteiger partial charge < -0.3 is 10.6 Å². The van der Waals surface area contributed by atoms with E-state index >= 15 is 0 Å². The van der Waals surface area contributed by atoms with E-state index in [2.05, 4.69) is 10.6 Å². The molecular weight excluding hydrogens is 362 g/mol. The summed E-state index contributed by atoms with van der Waals surface area (Å²) in [7, 11) is -3.54. The predicted molar refractivity (Wildman–Crippen MR) is 94.6 cm³/mol. The van der Waals surface area contributed by atoms with Crippen LogP contribution in [0.3, 0.4) is 0 Å². The van der Waals surface area contributed by atoms with Crippen LogP contribution >= 0.6 is 11.3 Å². The van der Waals surface area contributed by atoms with Crippen LogP contribution in [0, 0.1) is 5.92 Å². The van der Waals surface area contributed by atoms with Gasteiger partial charge in [0.1, 0.15) is 10.3 Å². The second-order valence-electron chi connectivity index (χ2n) is 6.48. The lowest BCUT2D eigenvalue weighted by Crippen LogP contribution is -2.51. The molecule has 138 valence electrons. The normalized spacial score (nSPS) is 25.8. The Morgan fingerprint density at radius 3 is 2.88 bits per heavy atom. The van der Waals surface area contributed by atoms with Crippen molar-refractivity contribution >= 4 is 33.2 Å². The molecule has 0 spiro atoms. The van der Waals surface area contributed by atoms with Crippen LogP contribution < -0.4 is 10.6 Å². The smallest absolute Gasteiger partial charge is 0.252 e. The number of hydrogen-bond acceptors (Lipinski definition) is 5. The minimum Gasteiger partial charge on any atom is -0.354 e. The summed E-state index contributed by atoms with van der Waals surface area (Å²) in [6.45, 7) is 1.23. The van der Waals surface area contributed by atoms with Gasteiger partial charge in [-0.3, -0.25) is 9.59 Å². The van der Waals surface area contributed by atoms with Crippen molar-refractivity contribution in [2.45, 2.75) is 42.4 Å². The number of carbonyl (C=O) groups excluding carboxylic acids is 2. The molecule has 9 heteroatoms. The first-order valence-electron chi connectivity index (χ1n) is 8.60. The summed E-state index contributed by atoms with van der Waals surface area (Å²) >= 11 is 1.18. The maximum absolute atomic E-state index is 12.6. The molecule has 0 radical (unpaired) electrons. The molecule has 2 fully saturated rings. The average molecular weight is 386 g/mol. The molecule has 0 bridgehead atoms. The van der Waals surface area contributed by atoms with Gasteiger partial charge in [-0.05, 0) is 43.6 Å². The number of hydrogen-bond donors (Lipinski definition) is 2. The van der Waals surface area contributed by atoms with E-state index in [0.29, 0.717) is 36.6 Å². The number of piperidine rings is 1. The van der Waals surface area contributed by atoms with E-state index in [1.165, 1.54) is 15.6 Å². The van der Waals surface area contributed by atoms with Gasteiger partial charge in [0.2, 0.25) is 11.8 Å². The zero-order valence-corrected chi connectivity index (χ0v) is 15.6.